The maximum atomic E-state index is 13.6. The number of hydrogen-bond donors (Lipinski definition) is 0. The van der Waals surface area contributed by atoms with Crippen LogP contribution in [0.5, 0.6) is 0 Å². The molecule has 0 aliphatic heterocycles. The van der Waals surface area contributed by atoms with Crippen LogP contribution in [0.2, 0.25) is 5.15 Å². The molecule has 0 saturated carbocycles. The number of thiazole rings is 1. The molecule has 0 amide bonds. The molecular weight excluding hydrogens is 446 g/mol. The lowest BCUT2D eigenvalue weighted by molar-refractivity contribution is 0.602. The zero-order valence-electron chi connectivity index (χ0n) is 17.1. The van der Waals surface area contributed by atoms with E-state index in [0.717, 1.165) is 5.56 Å². The minimum absolute atomic E-state index is 0.207. The largest absolute Gasteiger partial charge is 0.305 e. The Morgan fingerprint density at radius 1 is 1.03 bits per heavy atom. The number of aryl methyl sites for hydroxylation is 1. The summed E-state index contributed by atoms with van der Waals surface area (Å²) in [4.78, 5) is 35.4. The smallest absolute Gasteiger partial charge is 0.282 e. The average molecular weight is 464 g/mol. The molecule has 5 rings (SSSR count). The number of aromatic nitrogens is 5. The van der Waals surface area contributed by atoms with Gasteiger partial charge in [0.05, 0.1) is 24.0 Å². The number of hydrogen-bond acceptors (Lipinski definition) is 5. The molecule has 1 aromatic carbocycles. The van der Waals surface area contributed by atoms with Crippen molar-refractivity contribution in [3.8, 4) is 5.82 Å². The second-order valence-electron chi connectivity index (χ2n) is 7.33. The van der Waals surface area contributed by atoms with Gasteiger partial charge in [0.2, 0.25) is 0 Å². The molecule has 7 nitrogen and oxygen atoms in total. The zero-order chi connectivity index (χ0) is 22.2. The second-order valence-corrected chi connectivity index (χ2v) is 8.66. The Kier molecular flexibility index (Phi) is 5.24. The van der Waals surface area contributed by atoms with Crippen LogP contribution in [-0.4, -0.2) is 23.9 Å². The van der Waals surface area contributed by atoms with Gasteiger partial charge in [-0.05, 0) is 24.6 Å². The molecular formula is C23H18ClN5O2S. The summed E-state index contributed by atoms with van der Waals surface area (Å²) in [5, 5.41) is 3.30. The van der Waals surface area contributed by atoms with E-state index in [-0.39, 0.29) is 17.7 Å². The van der Waals surface area contributed by atoms with E-state index >= 15 is 0 Å². The quantitative estimate of drug-likeness (QED) is 0.396. The van der Waals surface area contributed by atoms with Gasteiger partial charge in [0.1, 0.15) is 10.2 Å². The number of pyridine rings is 2. The Labute approximate surface area is 191 Å². The van der Waals surface area contributed by atoms with Crippen molar-refractivity contribution in [2.45, 2.75) is 20.0 Å². The van der Waals surface area contributed by atoms with Gasteiger partial charge in [-0.25, -0.2) is 9.97 Å². The SMILES string of the molecule is Cc1c2c(=O)n(-c3ccccn3)n(Cc3ccccc3)c2cc(=O)n1Cc1nc(Cl)cs1. The Morgan fingerprint density at radius 2 is 1.81 bits per heavy atom. The van der Waals surface area contributed by atoms with Crippen LogP contribution >= 0.6 is 22.9 Å². The van der Waals surface area contributed by atoms with Gasteiger partial charge in [-0.3, -0.25) is 14.3 Å². The molecule has 32 heavy (non-hydrogen) atoms. The third-order valence-electron chi connectivity index (χ3n) is 5.33. The summed E-state index contributed by atoms with van der Waals surface area (Å²) in [6, 6.07) is 16.7. The van der Waals surface area contributed by atoms with Crippen LogP contribution in [0.1, 0.15) is 16.3 Å². The van der Waals surface area contributed by atoms with Crippen molar-refractivity contribution in [3.05, 3.63) is 108 Å². The molecule has 160 valence electrons. The highest BCUT2D eigenvalue weighted by Crippen LogP contribution is 2.20. The average Bonchev–Trinajstić information content (AvgIpc) is 3.33. The highest BCUT2D eigenvalue weighted by Gasteiger charge is 2.21. The predicted molar refractivity (Wildman–Crippen MR) is 126 cm³/mol. The Hall–Kier alpha value is -3.49. The molecule has 0 atom stereocenters. The van der Waals surface area contributed by atoms with E-state index in [2.05, 4.69) is 9.97 Å². The fourth-order valence-electron chi connectivity index (χ4n) is 3.86. The van der Waals surface area contributed by atoms with Crippen molar-refractivity contribution in [2.24, 2.45) is 0 Å². The Bertz CT molecular complexity index is 1530. The molecule has 0 spiro atoms. The van der Waals surface area contributed by atoms with Gasteiger partial charge in [-0.1, -0.05) is 48.0 Å². The van der Waals surface area contributed by atoms with Gasteiger partial charge in [0.15, 0.2) is 5.82 Å². The lowest BCUT2D eigenvalue weighted by atomic mass is 10.2. The third-order valence-corrected chi connectivity index (χ3v) is 6.49. The summed E-state index contributed by atoms with van der Waals surface area (Å²) < 4.78 is 4.91. The van der Waals surface area contributed by atoms with Crippen molar-refractivity contribution in [1.29, 1.82) is 0 Å². The number of rotatable bonds is 5. The van der Waals surface area contributed by atoms with E-state index in [9.17, 15) is 9.59 Å². The van der Waals surface area contributed by atoms with Crippen molar-refractivity contribution < 1.29 is 0 Å². The number of halogens is 1. The summed E-state index contributed by atoms with van der Waals surface area (Å²) in [5.41, 5.74) is 1.73. The van der Waals surface area contributed by atoms with Gasteiger partial charge in [0.25, 0.3) is 11.1 Å². The van der Waals surface area contributed by atoms with Gasteiger partial charge in [0, 0.05) is 23.3 Å². The molecule has 5 aromatic rings. The molecule has 0 aliphatic rings. The van der Waals surface area contributed by atoms with E-state index < -0.39 is 0 Å². The van der Waals surface area contributed by atoms with E-state index in [1.165, 1.54) is 22.1 Å². The monoisotopic (exact) mass is 463 g/mol. The lowest BCUT2D eigenvalue weighted by Crippen LogP contribution is -2.24. The van der Waals surface area contributed by atoms with Crippen LogP contribution < -0.4 is 11.1 Å². The van der Waals surface area contributed by atoms with Crippen molar-refractivity contribution in [1.82, 2.24) is 23.9 Å². The molecule has 4 heterocycles. The predicted octanol–water partition coefficient (Wildman–Crippen LogP) is 3.86. The van der Waals surface area contributed by atoms with Gasteiger partial charge in [-0.15, -0.1) is 11.3 Å². The van der Waals surface area contributed by atoms with E-state index in [0.29, 0.717) is 39.1 Å². The van der Waals surface area contributed by atoms with Crippen LogP contribution in [0.15, 0.2) is 75.8 Å². The van der Waals surface area contributed by atoms with Gasteiger partial charge < -0.3 is 4.57 Å². The highest BCUT2D eigenvalue weighted by atomic mass is 35.5. The molecule has 0 unspecified atom stereocenters. The first-order chi connectivity index (χ1) is 15.5. The number of nitrogens with zero attached hydrogens (tertiary/aromatic N) is 5. The molecule has 0 fully saturated rings. The van der Waals surface area contributed by atoms with Crippen LogP contribution in [0.3, 0.4) is 0 Å². The second kappa shape index (κ2) is 8.22. The maximum Gasteiger partial charge on any atom is 0.282 e. The van der Waals surface area contributed by atoms with E-state index in [1.54, 1.807) is 35.2 Å². The molecule has 0 saturated heterocycles. The fourth-order valence-corrected chi connectivity index (χ4v) is 4.78. The molecule has 0 N–H and O–H groups in total. The van der Waals surface area contributed by atoms with Gasteiger partial charge >= 0.3 is 0 Å². The first-order valence-electron chi connectivity index (χ1n) is 9.94. The normalized spacial score (nSPS) is 11.3. The Balaban J connectivity index is 1.77. The highest BCUT2D eigenvalue weighted by molar-refractivity contribution is 7.10. The topological polar surface area (TPSA) is 74.7 Å². The zero-order valence-corrected chi connectivity index (χ0v) is 18.7. The fraction of sp³-hybridized carbons (Fsp3) is 0.130. The summed E-state index contributed by atoms with van der Waals surface area (Å²) in [6.07, 6.45) is 1.64. The standard InChI is InChI=1S/C23H18ClN5O2S/c1-15-22-17(11-21(30)27(15)13-20-26-18(24)14-32-20)28(12-16-7-3-2-4-8-16)29(23(22)31)19-9-5-6-10-25-19/h2-11,14H,12-13H2,1H3. The minimum atomic E-state index is -0.224. The summed E-state index contributed by atoms with van der Waals surface area (Å²) >= 11 is 7.32. The van der Waals surface area contributed by atoms with Crippen LogP contribution in [0, 0.1) is 6.92 Å². The maximum absolute atomic E-state index is 13.6. The molecule has 9 heteroatoms. The van der Waals surface area contributed by atoms with E-state index in [1.807, 2.05) is 41.1 Å². The summed E-state index contributed by atoms with van der Waals surface area (Å²) in [6.45, 7) is 2.46. The summed E-state index contributed by atoms with van der Waals surface area (Å²) in [5.74, 6) is 0.495. The first-order valence-corrected chi connectivity index (χ1v) is 11.2. The molecule has 0 radical (unpaired) electrons. The minimum Gasteiger partial charge on any atom is -0.305 e. The van der Waals surface area contributed by atoms with E-state index in [4.69, 9.17) is 11.6 Å². The van der Waals surface area contributed by atoms with Crippen molar-refractivity contribution in [3.63, 3.8) is 0 Å². The first kappa shape index (κ1) is 20.4. The van der Waals surface area contributed by atoms with Crippen molar-refractivity contribution >= 4 is 33.8 Å². The Morgan fingerprint density at radius 3 is 2.50 bits per heavy atom. The molecule has 0 bridgehead atoms. The van der Waals surface area contributed by atoms with Crippen LogP contribution in [-0.2, 0) is 13.1 Å². The van der Waals surface area contributed by atoms with Crippen LogP contribution in [0.4, 0.5) is 0 Å². The number of benzene rings is 1. The number of fused-ring (bicyclic) bond motifs is 1. The summed E-state index contributed by atoms with van der Waals surface area (Å²) in [7, 11) is 0. The molecule has 4 aromatic heterocycles. The van der Waals surface area contributed by atoms with Crippen LogP contribution in [0.25, 0.3) is 16.7 Å². The molecule has 0 aliphatic carbocycles. The van der Waals surface area contributed by atoms with Crippen molar-refractivity contribution in [2.75, 3.05) is 0 Å². The third kappa shape index (κ3) is 3.57. The lowest BCUT2D eigenvalue weighted by Gasteiger charge is -2.13. The van der Waals surface area contributed by atoms with Gasteiger partial charge in [-0.2, -0.15) is 4.68 Å².